The van der Waals surface area contributed by atoms with Crippen LogP contribution in [0, 0.1) is 0 Å². The van der Waals surface area contributed by atoms with Crippen LogP contribution in [0.5, 0.6) is 5.88 Å². The molecule has 0 aliphatic carbocycles. The number of halogens is 1. The van der Waals surface area contributed by atoms with Crippen molar-refractivity contribution >= 4 is 17.3 Å². The van der Waals surface area contributed by atoms with E-state index in [-0.39, 0.29) is 12.7 Å². The molecule has 2 aromatic carbocycles. The molecule has 138 valence electrons. The first-order valence-corrected chi connectivity index (χ1v) is 9.43. The van der Waals surface area contributed by atoms with Crippen molar-refractivity contribution in [3.63, 3.8) is 0 Å². The van der Waals surface area contributed by atoms with Crippen LogP contribution in [0.1, 0.15) is 12.0 Å². The molecule has 1 saturated heterocycles. The maximum absolute atomic E-state index is 9.90. The molecule has 1 N–H and O–H groups in total. The summed E-state index contributed by atoms with van der Waals surface area (Å²) in [4.78, 5) is 6.46. The van der Waals surface area contributed by atoms with Gasteiger partial charge in [0.05, 0.1) is 13.2 Å². The van der Waals surface area contributed by atoms with Gasteiger partial charge in [0.1, 0.15) is 11.1 Å². The Morgan fingerprint density at radius 2 is 1.93 bits per heavy atom. The molecule has 0 bridgehead atoms. The van der Waals surface area contributed by atoms with Crippen LogP contribution in [0.3, 0.4) is 0 Å². The minimum atomic E-state index is 0.00407. The average Bonchev–Trinajstić information content (AvgIpc) is 3.18. The second-order valence-electron chi connectivity index (χ2n) is 6.63. The summed E-state index contributed by atoms with van der Waals surface area (Å²) in [6, 6.07) is 20.0. The molecule has 1 aliphatic heterocycles. The number of anilines is 1. The second-order valence-corrected chi connectivity index (χ2v) is 7.04. The molecule has 1 aromatic heterocycles. The molecule has 1 unspecified atom stereocenters. The summed E-state index contributed by atoms with van der Waals surface area (Å²) in [5.41, 5.74) is 4.23. The molecule has 3 aromatic rings. The van der Waals surface area contributed by atoms with Gasteiger partial charge in [-0.15, -0.1) is 0 Å². The van der Waals surface area contributed by atoms with Crippen LogP contribution in [0.25, 0.3) is 11.1 Å². The molecular formula is C22H21ClN2O2. The van der Waals surface area contributed by atoms with Crippen LogP contribution in [0.4, 0.5) is 5.69 Å². The van der Waals surface area contributed by atoms with E-state index >= 15 is 0 Å². The van der Waals surface area contributed by atoms with E-state index in [1.54, 1.807) is 18.3 Å². The lowest BCUT2D eigenvalue weighted by molar-refractivity contribution is 0.216. The van der Waals surface area contributed by atoms with E-state index in [4.69, 9.17) is 16.3 Å². The fourth-order valence-electron chi connectivity index (χ4n) is 3.49. The zero-order valence-electron chi connectivity index (χ0n) is 14.9. The number of ether oxygens (including phenoxy) is 1. The SMILES string of the molecule is OCc1cc(-c2ccccc2)ccc1N1CCC(Oc2ncccc2Cl)C1. The van der Waals surface area contributed by atoms with E-state index in [2.05, 4.69) is 40.2 Å². The largest absolute Gasteiger partial charge is 0.471 e. The van der Waals surface area contributed by atoms with Gasteiger partial charge >= 0.3 is 0 Å². The molecule has 1 aliphatic rings. The van der Waals surface area contributed by atoms with Crippen LogP contribution in [0.2, 0.25) is 5.02 Å². The molecule has 2 heterocycles. The molecule has 1 fully saturated rings. The van der Waals surface area contributed by atoms with E-state index in [1.165, 1.54) is 0 Å². The number of aliphatic hydroxyl groups excluding tert-OH is 1. The summed E-state index contributed by atoms with van der Waals surface area (Å²) in [5, 5.41) is 10.4. The number of hydrogen-bond donors (Lipinski definition) is 1. The van der Waals surface area contributed by atoms with Crippen molar-refractivity contribution in [2.24, 2.45) is 0 Å². The highest BCUT2D eigenvalue weighted by atomic mass is 35.5. The van der Waals surface area contributed by atoms with Crippen molar-refractivity contribution in [3.8, 4) is 17.0 Å². The third-order valence-electron chi connectivity index (χ3n) is 4.85. The fourth-order valence-corrected chi connectivity index (χ4v) is 3.66. The summed E-state index contributed by atoms with van der Waals surface area (Å²) in [5.74, 6) is 0.479. The number of nitrogens with zero attached hydrogens (tertiary/aromatic N) is 2. The van der Waals surface area contributed by atoms with Crippen LogP contribution < -0.4 is 9.64 Å². The topological polar surface area (TPSA) is 45.6 Å². The van der Waals surface area contributed by atoms with Gasteiger partial charge in [0.25, 0.3) is 0 Å². The minimum Gasteiger partial charge on any atom is -0.471 e. The normalized spacial score (nSPS) is 16.5. The quantitative estimate of drug-likeness (QED) is 0.705. The van der Waals surface area contributed by atoms with Crippen molar-refractivity contribution in [1.82, 2.24) is 4.98 Å². The molecular weight excluding hydrogens is 360 g/mol. The van der Waals surface area contributed by atoms with Gasteiger partial charge < -0.3 is 14.7 Å². The summed E-state index contributed by atoms with van der Waals surface area (Å²) in [7, 11) is 0. The standard InChI is InChI=1S/C22H21ClN2O2/c23-20-7-4-11-24-22(20)27-19-10-12-25(14-19)21-9-8-17(13-18(21)15-26)16-5-2-1-3-6-16/h1-9,11,13,19,26H,10,12,14-15H2. The highest BCUT2D eigenvalue weighted by molar-refractivity contribution is 6.31. The molecule has 4 rings (SSSR count). The third-order valence-corrected chi connectivity index (χ3v) is 5.13. The number of rotatable bonds is 5. The van der Waals surface area contributed by atoms with Crippen molar-refractivity contribution < 1.29 is 9.84 Å². The highest BCUT2D eigenvalue weighted by Gasteiger charge is 2.26. The smallest absolute Gasteiger partial charge is 0.232 e. The van der Waals surface area contributed by atoms with Gasteiger partial charge in [0.2, 0.25) is 5.88 Å². The van der Waals surface area contributed by atoms with E-state index in [0.717, 1.165) is 41.9 Å². The van der Waals surface area contributed by atoms with Gasteiger partial charge in [0.15, 0.2) is 0 Å². The van der Waals surface area contributed by atoms with Gasteiger partial charge in [-0.2, -0.15) is 0 Å². The molecule has 0 saturated carbocycles. The van der Waals surface area contributed by atoms with Crippen molar-refractivity contribution in [2.75, 3.05) is 18.0 Å². The van der Waals surface area contributed by atoms with Gasteiger partial charge in [-0.1, -0.05) is 48.0 Å². The first-order valence-electron chi connectivity index (χ1n) is 9.06. The summed E-state index contributed by atoms with van der Waals surface area (Å²) in [6.07, 6.45) is 2.59. The number of aromatic nitrogens is 1. The molecule has 0 radical (unpaired) electrons. The van der Waals surface area contributed by atoms with Crippen molar-refractivity contribution in [3.05, 3.63) is 77.4 Å². The van der Waals surface area contributed by atoms with Gasteiger partial charge in [-0.25, -0.2) is 4.98 Å². The maximum atomic E-state index is 9.90. The highest BCUT2D eigenvalue weighted by Crippen LogP contribution is 2.31. The van der Waals surface area contributed by atoms with Gasteiger partial charge in [-0.05, 0) is 35.4 Å². The minimum absolute atomic E-state index is 0.00407. The molecule has 5 heteroatoms. The Kier molecular flexibility index (Phi) is 5.28. The maximum Gasteiger partial charge on any atom is 0.232 e. The zero-order valence-corrected chi connectivity index (χ0v) is 15.6. The fraction of sp³-hybridized carbons (Fsp3) is 0.227. The zero-order chi connectivity index (χ0) is 18.6. The molecule has 0 spiro atoms. The molecule has 27 heavy (non-hydrogen) atoms. The van der Waals surface area contributed by atoms with E-state index < -0.39 is 0 Å². The Balaban J connectivity index is 1.51. The molecule has 0 amide bonds. The van der Waals surface area contributed by atoms with Crippen molar-refractivity contribution in [1.29, 1.82) is 0 Å². The number of hydrogen-bond acceptors (Lipinski definition) is 4. The number of aliphatic hydroxyl groups is 1. The summed E-state index contributed by atoms with van der Waals surface area (Å²) in [6.45, 7) is 1.61. The lowest BCUT2D eigenvalue weighted by Crippen LogP contribution is -2.25. The van der Waals surface area contributed by atoms with E-state index in [0.29, 0.717) is 10.9 Å². The van der Waals surface area contributed by atoms with Gasteiger partial charge in [0, 0.05) is 30.4 Å². The van der Waals surface area contributed by atoms with Crippen LogP contribution >= 0.6 is 11.6 Å². The van der Waals surface area contributed by atoms with Crippen LogP contribution in [-0.4, -0.2) is 29.3 Å². The Labute approximate surface area is 164 Å². The van der Waals surface area contributed by atoms with Crippen LogP contribution in [-0.2, 0) is 6.61 Å². The lowest BCUT2D eigenvalue weighted by atomic mass is 10.0. The predicted molar refractivity (Wildman–Crippen MR) is 108 cm³/mol. The Bertz CT molecular complexity index is 917. The number of pyridine rings is 1. The lowest BCUT2D eigenvalue weighted by Gasteiger charge is -2.22. The monoisotopic (exact) mass is 380 g/mol. The Hall–Kier alpha value is -2.56. The van der Waals surface area contributed by atoms with Crippen LogP contribution in [0.15, 0.2) is 66.9 Å². The predicted octanol–water partition coefficient (Wildman–Crippen LogP) is 4.55. The van der Waals surface area contributed by atoms with Gasteiger partial charge in [-0.3, -0.25) is 0 Å². The first kappa shape index (κ1) is 17.8. The third kappa shape index (κ3) is 3.92. The molecule has 4 nitrogen and oxygen atoms in total. The summed E-state index contributed by atoms with van der Waals surface area (Å²) >= 11 is 6.15. The number of benzene rings is 2. The van der Waals surface area contributed by atoms with E-state index in [9.17, 15) is 5.11 Å². The summed E-state index contributed by atoms with van der Waals surface area (Å²) < 4.78 is 5.98. The van der Waals surface area contributed by atoms with Crippen molar-refractivity contribution in [2.45, 2.75) is 19.1 Å². The van der Waals surface area contributed by atoms with E-state index in [1.807, 2.05) is 18.2 Å². The second kappa shape index (κ2) is 7.99. The Morgan fingerprint density at radius 3 is 2.70 bits per heavy atom. The molecule has 1 atom stereocenters. The Morgan fingerprint density at radius 1 is 1.07 bits per heavy atom. The average molecular weight is 381 g/mol. The first-order chi connectivity index (χ1) is 13.2.